The molecule has 0 saturated carbocycles. The summed E-state index contributed by atoms with van der Waals surface area (Å²) < 4.78 is 10.9. The van der Waals surface area contributed by atoms with E-state index in [4.69, 9.17) is 9.47 Å². The molecular formula is C15H28O4. The molecule has 0 radical (unpaired) electrons. The highest BCUT2D eigenvalue weighted by molar-refractivity contribution is 5.70. The van der Waals surface area contributed by atoms with Crippen LogP contribution in [0.2, 0.25) is 0 Å². The molecule has 0 aromatic carbocycles. The molecule has 0 fully saturated rings. The summed E-state index contributed by atoms with van der Waals surface area (Å²) in [7, 11) is 0. The highest BCUT2D eigenvalue weighted by Crippen LogP contribution is 2.17. The van der Waals surface area contributed by atoms with Gasteiger partial charge >= 0.3 is 11.9 Å². The molecule has 112 valence electrons. The van der Waals surface area contributed by atoms with Crippen molar-refractivity contribution >= 4 is 11.9 Å². The highest BCUT2D eigenvalue weighted by Gasteiger charge is 2.26. The Labute approximate surface area is 116 Å². The van der Waals surface area contributed by atoms with Crippen molar-refractivity contribution in [3.05, 3.63) is 0 Å². The van der Waals surface area contributed by atoms with Gasteiger partial charge in [0.25, 0.3) is 0 Å². The third kappa shape index (κ3) is 7.85. The Balaban J connectivity index is 4.63. The van der Waals surface area contributed by atoms with E-state index in [1.807, 2.05) is 20.8 Å². The predicted octanol–water partition coefficient (Wildman–Crippen LogP) is 3.62. The van der Waals surface area contributed by atoms with Crippen molar-refractivity contribution in [2.45, 2.75) is 84.8 Å². The molecule has 2 unspecified atom stereocenters. The number of rotatable bonds is 10. The quantitative estimate of drug-likeness (QED) is 0.570. The third-order valence-electron chi connectivity index (χ3n) is 2.87. The summed E-state index contributed by atoms with van der Waals surface area (Å²) in [6.07, 6.45) is 4.18. The maximum Gasteiger partial charge on any atom is 0.306 e. The Kier molecular flexibility index (Phi) is 10.2. The fraction of sp³-hybridized carbons (Fsp3) is 0.867. The van der Waals surface area contributed by atoms with Crippen LogP contribution in [0.3, 0.4) is 0 Å². The van der Waals surface area contributed by atoms with Gasteiger partial charge in [-0.05, 0) is 19.3 Å². The van der Waals surface area contributed by atoms with Crippen LogP contribution in [0, 0.1) is 0 Å². The van der Waals surface area contributed by atoms with Crippen molar-refractivity contribution in [3.63, 3.8) is 0 Å². The average Bonchev–Trinajstić information content (AvgIpc) is 2.38. The van der Waals surface area contributed by atoms with E-state index in [-0.39, 0.29) is 24.1 Å². The molecule has 0 heterocycles. The molecule has 0 rings (SSSR count). The lowest BCUT2D eigenvalue weighted by atomic mass is 10.0. The maximum absolute atomic E-state index is 11.6. The fourth-order valence-corrected chi connectivity index (χ4v) is 1.89. The molecule has 0 spiro atoms. The van der Waals surface area contributed by atoms with E-state index in [2.05, 4.69) is 0 Å². The summed E-state index contributed by atoms with van der Waals surface area (Å²) in [6, 6.07) is 0. The lowest BCUT2D eigenvalue weighted by molar-refractivity contribution is -0.169. The van der Waals surface area contributed by atoms with E-state index >= 15 is 0 Å². The van der Waals surface area contributed by atoms with Crippen LogP contribution in [-0.2, 0) is 19.1 Å². The Hall–Kier alpha value is -1.06. The summed E-state index contributed by atoms with van der Waals surface area (Å²) in [5, 5.41) is 0. The standard InChI is InChI=1S/C15H28O4/c1-5-9-12(18-14(16)8-4)13(10-6-2)19-15(17)11-7-3/h12-13H,5-11H2,1-4H3. The Morgan fingerprint density at radius 1 is 0.789 bits per heavy atom. The van der Waals surface area contributed by atoms with Crippen molar-refractivity contribution < 1.29 is 19.1 Å². The molecule has 0 N–H and O–H groups in total. The predicted molar refractivity (Wildman–Crippen MR) is 74.8 cm³/mol. The summed E-state index contributed by atoms with van der Waals surface area (Å²) in [5.74, 6) is -0.430. The van der Waals surface area contributed by atoms with Crippen LogP contribution in [0.4, 0.5) is 0 Å². The fourth-order valence-electron chi connectivity index (χ4n) is 1.89. The molecule has 0 amide bonds. The van der Waals surface area contributed by atoms with Crippen LogP contribution in [0.15, 0.2) is 0 Å². The van der Waals surface area contributed by atoms with Gasteiger partial charge in [-0.15, -0.1) is 0 Å². The second kappa shape index (κ2) is 10.8. The minimum atomic E-state index is -0.307. The summed E-state index contributed by atoms with van der Waals surface area (Å²) in [4.78, 5) is 23.1. The number of carbonyl (C=O) groups excluding carboxylic acids is 2. The first-order chi connectivity index (χ1) is 9.08. The minimum Gasteiger partial charge on any atom is -0.458 e. The number of ether oxygens (including phenoxy) is 2. The Morgan fingerprint density at radius 2 is 1.26 bits per heavy atom. The second-order valence-electron chi connectivity index (χ2n) is 4.74. The van der Waals surface area contributed by atoms with E-state index in [0.717, 1.165) is 32.1 Å². The minimum absolute atomic E-state index is 0.199. The van der Waals surface area contributed by atoms with E-state index in [9.17, 15) is 9.59 Å². The summed E-state index contributed by atoms with van der Waals surface area (Å²) in [6.45, 7) is 7.77. The molecule has 4 nitrogen and oxygen atoms in total. The zero-order chi connectivity index (χ0) is 14.7. The van der Waals surface area contributed by atoms with Crippen molar-refractivity contribution in [3.8, 4) is 0 Å². The molecule has 4 heteroatoms. The van der Waals surface area contributed by atoms with Gasteiger partial charge in [-0.3, -0.25) is 9.59 Å². The molecule has 0 aliphatic rings. The van der Waals surface area contributed by atoms with Gasteiger partial charge in [0.1, 0.15) is 12.2 Å². The SMILES string of the molecule is CCCC(=O)OC(CCC)C(CCC)OC(=O)CC. The summed E-state index contributed by atoms with van der Waals surface area (Å²) in [5.41, 5.74) is 0. The van der Waals surface area contributed by atoms with Crippen molar-refractivity contribution in [2.24, 2.45) is 0 Å². The van der Waals surface area contributed by atoms with Gasteiger partial charge in [0.2, 0.25) is 0 Å². The van der Waals surface area contributed by atoms with Gasteiger partial charge in [0, 0.05) is 12.8 Å². The number of hydrogen-bond donors (Lipinski definition) is 0. The number of esters is 2. The molecule has 0 aromatic rings. The molecule has 0 saturated heterocycles. The van der Waals surface area contributed by atoms with Gasteiger partial charge in [-0.25, -0.2) is 0 Å². The lowest BCUT2D eigenvalue weighted by Crippen LogP contribution is -2.35. The van der Waals surface area contributed by atoms with Gasteiger partial charge in [-0.2, -0.15) is 0 Å². The first-order valence-corrected chi connectivity index (χ1v) is 7.47. The maximum atomic E-state index is 11.6. The molecule has 2 atom stereocenters. The average molecular weight is 272 g/mol. The first kappa shape index (κ1) is 17.9. The zero-order valence-electron chi connectivity index (χ0n) is 12.7. The highest BCUT2D eigenvalue weighted by atomic mass is 16.6. The van der Waals surface area contributed by atoms with Gasteiger partial charge in [0.05, 0.1) is 0 Å². The molecule has 0 bridgehead atoms. The van der Waals surface area contributed by atoms with E-state index in [1.165, 1.54) is 0 Å². The van der Waals surface area contributed by atoms with E-state index in [0.29, 0.717) is 12.8 Å². The van der Waals surface area contributed by atoms with Crippen LogP contribution in [0.25, 0.3) is 0 Å². The molecule has 0 aliphatic carbocycles. The molecular weight excluding hydrogens is 244 g/mol. The first-order valence-electron chi connectivity index (χ1n) is 7.47. The normalized spacial score (nSPS) is 13.7. The monoisotopic (exact) mass is 272 g/mol. The van der Waals surface area contributed by atoms with Crippen LogP contribution >= 0.6 is 0 Å². The molecule has 0 aliphatic heterocycles. The van der Waals surface area contributed by atoms with Gasteiger partial charge < -0.3 is 9.47 Å². The van der Waals surface area contributed by atoms with Crippen LogP contribution in [0.1, 0.15) is 72.6 Å². The van der Waals surface area contributed by atoms with Crippen molar-refractivity contribution in [2.75, 3.05) is 0 Å². The smallest absolute Gasteiger partial charge is 0.306 e. The molecule has 19 heavy (non-hydrogen) atoms. The second-order valence-corrected chi connectivity index (χ2v) is 4.74. The van der Waals surface area contributed by atoms with Crippen LogP contribution in [-0.4, -0.2) is 24.1 Å². The van der Waals surface area contributed by atoms with E-state index in [1.54, 1.807) is 6.92 Å². The molecule has 0 aromatic heterocycles. The Bertz CT molecular complexity index is 263. The zero-order valence-corrected chi connectivity index (χ0v) is 12.7. The third-order valence-corrected chi connectivity index (χ3v) is 2.87. The van der Waals surface area contributed by atoms with Gasteiger partial charge in [0.15, 0.2) is 0 Å². The lowest BCUT2D eigenvalue weighted by Gasteiger charge is -2.26. The van der Waals surface area contributed by atoms with Crippen LogP contribution in [0.5, 0.6) is 0 Å². The summed E-state index contributed by atoms with van der Waals surface area (Å²) >= 11 is 0. The number of hydrogen-bond acceptors (Lipinski definition) is 4. The van der Waals surface area contributed by atoms with Crippen LogP contribution < -0.4 is 0 Å². The van der Waals surface area contributed by atoms with Crippen molar-refractivity contribution in [1.82, 2.24) is 0 Å². The number of carbonyl (C=O) groups is 2. The largest absolute Gasteiger partial charge is 0.458 e. The Morgan fingerprint density at radius 3 is 1.63 bits per heavy atom. The van der Waals surface area contributed by atoms with Gasteiger partial charge in [-0.1, -0.05) is 40.5 Å². The van der Waals surface area contributed by atoms with E-state index < -0.39 is 0 Å². The van der Waals surface area contributed by atoms with Crippen molar-refractivity contribution in [1.29, 1.82) is 0 Å². The topological polar surface area (TPSA) is 52.6 Å².